The van der Waals surface area contributed by atoms with Gasteiger partial charge in [-0.25, -0.2) is 4.39 Å². The summed E-state index contributed by atoms with van der Waals surface area (Å²) in [7, 11) is 0. The van der Waals surface area contributed by atoms with Gasteiger partial charge in [-0.3, -0.25) is 4.79 Å². The molecule has 2 atom stereocenters. The van der Waals surface area contributed by atoms with Crippen molar-refractivity contribution >= 4 is 5.91 Å². The van der Waals surface area contributed by atoms with E-state index in [0.29, 0.717) is 24.2 Å². The number of amides is 1. The van der Waals surface area contributed by atoms with Crippen molar-refractivity contribution in [3.8, 4) is 0 Å². The summed E-state index contributed by atoms with van der Waals surface area (Å²) >= 11 is 0. The highest BCUT2D eigenvalue weighted by molar-refractivity contribution is 5.94. The largest absolute Gasteiger partial charge is 0.391 e. The van der Waals surface area contributed by atoms with E-state index in [1.54, 1.807) is 17.9 Å². The second kappa shape index (κ2) is 5.06. The summed E-state index contributed by atoms with van der Waals surface area (Å²) in [6.07, 6.45) is 0.330. The molecule has 1 fully saturated rings. The standard InChI is InChI=1S/C14H18FNO2/c1-9-5-6-16(8-13(9)17)14(18)11-3-4-12(15)10(2)7-11/h3-4,7,9,13,17H,5-6,8H2,1-2H3. The lowest BCUT2D eigenvalue weighted by molar-refractivity contribution is 0.0248. The molecule has 0 aromatic heterocycles. The fourth-order valence-electron chi connectivity index (χ4n) is 2.19. The molecule has 0 aliphatic carbocycles. The van der Waals surface area contributed by atoms with Crippen LogP contribution < -0.4 is 0 Å². The highest BCUT2D eigenvalue weighted by Gasteiger charge is 2.27. The van der Waals surface area contributed by atoms with Gasteiger partial charge in [-0.15, -0.1) is 0 Å². The molecule has 1 saturated heterocycles. The predicted molar refractivity (Wildman–Crippen MR) is 66.8 cm³/mol. The smallest absolute Gasteiger partial charge is 0.253 e. The van der Waals surface area contributed by atoms with E-state index in [1.165, 1.54) is 12.1 Å². The maximum atomic E-state index is 13.2. The molecule has 98 valence electrons. The molecule has 1 aliphatic heterocycles. The lowest BCUT2D eigenvalue weighted by Crippen LogP contribution is -2.45. The van der Waals surface area contributed by atoms with Crippen LogP contribution in [0.15, 0.2) is 18.2 Å². The Morgan fingerprint density at radius 1 is 1.50 bits per heavy atom. The van der Waals surface area contributed by atoms with Crippen LogP contribution in [-0.2, 0) is 0 Å². The SMILES string of the molecule is Cc1cc(C(=O)N2CCC(C)C(O)C2)ccc1F. The van der Waals surface area contributed by atoms with E-state index in [1.807, 2.05) is 6.92 Å². The third-order valence-electron chi connectivity index (χ3n) is 3.61. The lowest BCUT2D eigenvalue weighted by Gasteiger charge is -2.34. The van der Waals surface area contributed by atoms with Crippen LogP contribution in [0.5, 0.6) is 0 Å². The number of carbonyl (C=O) groups excluding carboxylic acids is 1. The molecule has 0 saturated carbocycles. The van der Waals surface area contributed by atoms with Crippen molar-refractivity contribution < 1.29 is 14.3 Å². The van der Waals surface area contributed by atoms with Gasteiger partial charge >= 0.3 is 0 Å². The predicted octanol–water partition coefficient (Wildman–Crippen LogP) is 1.98. The first-order valence-corrected chi connectivity index (χ1v) is 6.22. The maximum Gasteiger partial charge on any atom is 0.253 e. The fourth-order valence-corrected chi connectivity index (χ4v) is 2.19. The zero-order chi connectivity index (χ0) is 13.3. The Morgan fingerprint density at radius 2 is 2.22 bits per heavy atom. The Hall–Kier alpha value is -1.42. The van der Waals surface area contributed by atoms with Crippen LogP contribution >= 0.6 is 0 Å². The summed E-state index contributed by atoms with van der Waals surface area (Å²) in [6.45, 7) is 4.62. The minimum absolute atomic E-state index is 0.135. The molecule has 1 amide bonds. The van der Waals surface area contributed by atoms with Gasteiger partial charge in [-0.2, -0.15) is 0 Å². The number of hydrogen-bond donors (Lipinski definition) is 1. The Morgan fingerprint density at radius 3 is 2.83 bits per heavy atom. The van der Waals surface area contributed by atoms with Gasteiger partial charge in [0.2, 0.25) is 0 Å². The van der Waals surface area contributed by atoms with Crippen LogP contribution in [0.3, 0.4) is 0 Å². The number of aryl methyl sites for hydroxylation is 1. The number of aliphatic hydroxyl groups excluding tert-OH is 1. The molecule has 1 aliphatic rings. The van der Waals surface area contributed by atoms with Crippen molar-refractivity contribution in [3.05, 3.63) is 35.1 Å². The van der Waals surface area contributed by atoms with E-state index in [9.17, 15) is 14.3 Å². The van der Waals surface area contributed by atoms with Gasteiger partial charge in [0, 0.05) is 18.7 Å². The third-order valence-corrected chi connectivity index (χ3v) is 3.61. The van der Waals surface area contributed by atoms with Crippen LogP contribution in [-0.4, -0.2) is 35.1 Å². The molecule has 1 aromatic carbocycles. The molecular formula is C14H18FNO2. The van der Waals surface area contributed by atoms with Crippen LogP contribution in [0.2, 0.25) is 0 Å². The lowest BCUT2D eigenvalue weighted by atomic mass is 9.95. The molecule has 4 heteroatoms. The molecule has 0 spiro atoms. The molecule has 18 heavy (non-hydrogen) atoms. The number of piperidine rings is 1. The zero-order valence-electron chi connectivity index (χ0n) is 10.7. The van der Waals surface area contributed by atoms with E-state index in [0.717, 1.165) is 6.42 Å². The first kappa shape index (κ1) is 13.0. The second-order valence-corrected chi connectivity index (χ2v) is 5.05. The van der Waals surface area contributed by atoms with Crippen molar-refractivity contribution in [3.63, 3.8) is 0 Å². The molecular weight excluding hydrogens is 233 g/mol. The second-order valence-electron chi connectivity index (χ2n) is 5.05. The van der Waals surface area contributed by atoms with E-state index >= 15 is 0 Å². The van der Waals surface area contributed by atoms with E-state index in [2.05, 4.69) is 0 Å². The summed E-state index contributed by atoms with van der Waals surface area (Å²) in [4.78, 5) is 13.8. The van der Waals surface area contributed by atoms with E-state index < -0.39 is 6.10 Å². The minimum atomic E-state index is -0.468. The summed E-state index contributed by atoms with van der Waals surface area (Å²) in [5, 5.41) is 9.79. The summed E-state index contributed by atoms with van der Waals surface area (Å²) in [6, 6.07) is 4.36. The molecule has 1 N–H and O–H groups in total. The van der Waals surface area contributed by atoms with Crippen molar-refractivity contribution in [1.29, 1.82) is 0 Å². The van der Waals surface area contributed by atoms with E-state index in [-0.39, 0.29) is 17.6 Å². The number of nitrogens with zero attached hydrogens (tertiary/aromatic N) is 1. The van der Waals surface area contributed by atoms with Crippen molar-refractivity contribution in [2.24, 2.45) is 5.92 Å². The number of β-amino-alcohol motifs (C(OH)–C–C–N with tert-alkyl or cyclic N) is 1. The number of halogens is 1. The van der Waals surface area contributed by atoms with Gasteiger partial charge in [0.25, 0.3) is 5.91 Å². The molecule has 2 unspecified atom stereocenters. The van der Waals surface area contributed by atoms with Gasteiger partial charge in [-0.1, -0.05) is 6.92 Å². The van der Waals surface area contributed by atoms with Gasteiger partial charge in [-0.05, 0) is 43.0 Å². The Labute approximate surface area is 106 Å². The molecule has 0 bridgehead atoms. The Bertz CT molecular complexity index is 461. The molecule has 1 heterocycles. The summed E-state index contributed by atoms with van der Waals surface area (Å²) in [5.74, 6) is -0.216. The molecule has 0 radical (unpaired) electrons. The number of carbonyl (C=O) groups is 1. The summed E-state index contributed by atoms with van der Waals surface area (Å²) in [5.41, 5.74) is 0.947. The van der Waals surface area contributed by atoms with E-state index in [4.69, 9.17) is 0 Å². The van der Waals surface area contributed by atoms with Gasteiger partial charge in [0.1, 0.15) is 5.82 Å². The molecule has 2 rings (SSSR count). The quantitative estimate of drug-likeness (QED) is 0.829. The van der Waals surface area contributed by atoms with Crippen molar-refractivity contribution in [2.75, 3.05) is 13.1 Å². The molecule has 1 aromatic rings. The van der Waals surface area contributed by atoms with Crippen LogP contribution in [0, 0.1) is 18.7 Å². The number of rotatable bonds is 1. The molecule has 3 nitrogen and oxygen atoms in total. The highest BCUT2D eigenvalue weighted by Crippen LogP contribution is 2.19. The van der Waals surface area contributed by atoms with Crippen molar-refractivity contribution in [2.45, 2.75) is 26.4 Å². The highest BCUT2D eigenvalue weighted by atomic mass is 19.1. The fraction of sp³-hybridized carbons (Fsp3) is 0.500. The summed E-state index contributed by atoms with van der Waals surface area (Å²) < 4.78 is 13.2. The minimum Gasteiger partial charge on any atom is -0.391 e. The van der Waals surface area contributed by atoms with Gasteiger partial charge in [0.05, 0.1) is 6.10 Å². The Balaban J connectivity index is 2.14. The average molecular weight is 251 g/mol. The first-order chi connectivity index (χ1) is 8.49. The average Bonchev–Trinajstić information content (AvgIpc) is 2.35. The normalized spacial score (nSPS) is 24.1. The van der Waals surface area contributed by atoms with Crippen molar-refractivity contribution in [1.82, 2.24) is 4.90 Å². The topological polar surface area (TPSA) is 40.5 Å². The van der Waals surface area contributed by atoms with Gasteiger partial charge in [0.15, 0.2) is 0 Å². The monoisotopic (exact) mass is 251 g/mol. The Kier molecular flexibility index (Phi) is 3.66. The van der Waals surface area contributed by atoms with Crippen LogP contribution in [0.1, 0.15) is 29.3 Å². The number of hydrogen-bond acceptors (Lipinski definition) is 2. The van der Waals surface area contributed by atoms with Gasteiger partial charge < -0.3 is 10.0 Å². The number of benzene rings is 1. The van der Waals surface area contributed by atoms with Crippen LogP contribution in [0.25, 0.3) is 0 Å². The number of likely N-dealkylation sites (tertiary alicyclic amines) is 1. The maximum absolute atomic E-state index is 13.2. The first-order valence-electron chi connectivity index (χ1n) is 6.22. The third kappa shape index (κ3) is 2.53. The number of aliphatic hydroxyl groups is 1. The van der Waals surface area contributed by atoms with Crippen LogP contribution in [0.4, 0.5) is 4.39 Å². The zero-order valence-corrected chi connectivity index (χ0v) is 10.7.